The Hall–Kier alpha value is -3.10. The molecule has 0 unspecified atom stereocenters. The fourth-order valence-corrected chi connectivity index (χ4v) is 4.39. The molecule has 0 aliphatic heterocycles. The molecule has 3 amide bonds. The van der Waals surface area contributed by atoms with Gasteiger partial charge in [-0.1, -0.05) is 30.5 Å². The highest BCUT2D eigenvalue weighted by molar-refractivity contribution is 7.85. The number of aliphatic hydroxyl groups is 1. The van der Waals surface area contributed by atoms with Gasteiger partial charge in [0.05, 0.1) is 4.90 Å². The first-order valence-electron chi connectivity index (χ1n) is 16.5. The molecule has 0 saturated carbocycles. The van der Waals surface area contributed by atoms with Crippen molar-refractivity contribution in [1.29, 1.82) is 0 Å². The van der Waals surface area contributed by atoms with E-state index in [0.29, 0.717) is 13.1 Å². The van der Waals surface area contributed by atoms with Gasteiger partial charge in [-0.2, -0.15) is 8.42 Å². The number of likely N-dealkylation sites (N-methyl/N-ethyl adjacent to an activating group) is 1. The minimum absolute atomic E-state index is 0.0666. The van der Waals surface area contributed by atoms with Gasteiger partial charge in [0.2, 0.25) is 0 Å². The van der Waals surface area contributed by atoms with Crippen molar-refractivity contribution in [3.05, 3.63) is 29.8 Å². The Balaban J connectivity index is 0.00000168. The predicted molar refractivity (Wildman–Crippen MR) is 186 cm³/mol. The zero-order valence-corrected chi connectivity index (χ0v) is 31.8. The summed E-state index contributed by atoms with van der Waals surface area (Å²) in [4.78, 5) is 43.1. The van der Waals surface area contributed by atoms with Gasteiger partial charge in [0.1, 0.15) is 16.8 Å². The van der Waals surface area contributed by atoms with Crippen LogP contribution in [0.4, 0.5) is 14.4 Å². The molecule has 2 N–H and O–H groups in total. The normalized spacial score (nSPS) is 11.9. The second-order valence-electron chi connectivity index (χ2n) is 14.4. The molecular formula is C34H61N3O10S. The highest BCUT2D eigenvalue weighted by Gasteiger charge is 2.27. The van der Waals surface area contributed by atoms with Crippen LogP contribution < -0.4 is 0 Å². The number of carbonyl (C=O) groups is 3. The van der Waals surface area contributed by atoms with E-state index in [9.17, 15) is 22.8 Å². The molecule has 0 aromatic heterocycles. The molecule has 0 saturated heterocycles. The lowest BCUT2D eigenvalue weighted by Gasteiger charge is -2.33. The smallest absolute Gasteiger partial charge is 0.410 e. The topological polar surface area (TPSA) is 163 Å². The summed E-state index contributed by atoms with van der Waals surface area (Å²) in [7, 11) is -4.02. The van der Waals surface area contributed by atoms with Crippen molar-refractivity contribution in [1.82, 2.24) is 14.7 Å². The molecule has 0 atom stereocenters. The van der Waals surface area contributed by atoms with Crippen LogP contribution in [0.15, 0.2) is 29.2 Å². The van der Waals surface area contributed by atoms with Crippen molar-refractivity contribution in [2.45, 2.75) is 124 Å². The average molecular weight is 704 g/mol. The summed E-state index contributed by atoms with van der Waals surface area (Å²) in [6.07, 6.45) is 1.83. The number of amides is 3. The van der Waals surface area contributed by atoms with E-state index in [1.54, 1.807) is 58.6 Å². The van der Waals surface area contributed by atoms with Crippen LogP contribution >= 0.6 is 0 Å². The predicted octanol–water partition coefficient (Wildman–Crippen LogP) is 6.51. The monoisotopic (exact) mass is 703 g/mol. The van der Waals surface area contributed by atoms with E-state index in [2.05, 4.69) is 0 Å². The zero-order valence-electron chi connectivity index (χ0n) is 31.0. The van der Waals surface area contributed by atoms with Gasteiger partial charge in [-0.15, -0.1) is 0 Å². The van der Waals surface area contributed by atoms with Crippen LogP contribution in [0.5, 0.6) is 0 Å². The standard InChI is InChI=1S/C27H53N3O7.C7H8O3S/c1-11-28(22(32)35-25(2,3)4)17-18-30(24(34)37-27(8,9)10)20-19-29(16-14-12-13-15-21-31)23(33)36-26(5,6)7;1-6-2-4-7(5-3-6)11(8,9)10/h31H,11-21H2,1-10H3;2-5H,1H3,(H,8,9,10). The minimum atomic E-state index is -4.02. The number of hydrogen-bond donors (Lipinski definition) is 2. The number of ether oxygens (including phenoxy) is 3. The first-order chi connectivity index (χ1) is 21.9. The lowest BCUT2D eigenvalue weighted by molar-refractivity contribution is 0.00865. The molecule has 0 radical (unpaired) electrons. The lowest BCUT2D eigenvalue weighted by atomic mass is 10.2. The minimum Gasteiger partial charge on any atom is -0.444 e. The van der Waals surface area contributed by atoms with Crippen LogP contribution in [0.2, 0.25) is 0 Å². The van der Waals surface area contributed by atoms with Crippen molar-refractivity contribution in [2.75, 3.05) is 45.9 Å². The van der Waals surface area contributed by atoms with E-state index in [0.717, 1.165) is 31.2 Å². The first-order valence-corrected chi connectivity index (χ1v) is 17.9. The Morgan fingerprint density at radius 2 is 0.979 bits per heavy atom. The van der Waals surface area contributed by atoms with Gasteiger partial charge in [-0.3, -0.25) is 4.55 Å². The van der Waals surface area contributed by atoms with Crippen molar-refractivity contribution in [2.24, 2.45) is 0 Å². The Kier molecular flexibility index (Phi) is 19.1. The van der Waals surface area contributed by atoms with Gasteiger partial charge in [-0.05, 0) is 101 Å². The van der Waals surface area contributed by atoms with Crippen molar-refractivity contribution >= 4 is 28.4 Å². The maximum absolute atomic E-state index is 13.0. The van der Waals surface area contributed by atoms with E-state index in [1.807, 2.05) is 34.6 Å². The number of benzene rings is 1. The molecule has 0 fully saturated rings. The summed E-state index contributed by atoms with van der Waals surface area (Å²) in [5.41, 5.74) is -1.01. The summed E-state index contributed by atoms with van der Waals surface area (Å²) in [6.45, 7) is 21.9. The number of rotatable bonds is 14. The third-order valence-corrected chi connectivity index (χ3v) is 7.14. The van der Waals surface area contributed by atoms with Crippen molar-refractivity contribution < 1.29 is 46.7 Å². The fraction of sp³-hybridized carbons (Fsp3) is 0.735. The molecule has 13 nitrogen and oxygen atoms in total. The molecule has 0 spiro atoms. The van der Waals surface area contributed by atoms with E-state index >= 15 is 0 Å². The Bertz CT molecular complexity index is 1220. The molecule has 0 aliphatic carbocycles. The molecule has 48 heavy (non-hydrogen) atoms. The molecule has 1 aromatic carbocycles. The number of aliphatic hydroxyl groups excluding tert-OH is 1. The highest BCUT2D eigenvalue weighted by Crippen LogP contribution is 2.15. The molecule has 0 aliphatic rings. The number of carbonyl (C=O) groups excluding carboxylic acids is 3. The van der Waals surface area contributed by atoms with E-state index in [-0.39, 0.29) is 37.7 Å². The number of aryl methyl sites for hydroxylation is 1. The van der Waals surface area contributed by atoms with E-state index in [1.165, 1.54) is 21.9 Å². The van der Waals surface area contributed by atoms with E-state index < -0.39 is 45.2 Å². The third kappa shape index (κ3) is 21.7. The Morgan fingerprint density at radius 3 is 1.33 bits per heavy atom. The molecule has 0 heterocycles. The molecule has 1 aromatic rings. The summed E-state index contributed by atoms with van der Waals surface area (Å²) < 4.78 is 46.2. The van der Waals surface area contributed by atoms with Gasteiger partial charge in [0, 0.05) is 45.9 Å². The van der Waals surface area contributed by atoms with Crippen LogP contribution in [0, 0.1) is 6.92 Å². The highest BCUT2D eigenvalue weighted by atomic mass is 32.2. The summed E-state index contributed by atoms with van der Waals surface area (Å²) in [5.74, 6) is 0. The van der Waals surface area contributed by atoms with Gasteiger partial charge in [-0.25, -0.2) is 14.4 Å². The quantitative estimate of drug-likeness (QED) is 0.124. The zero-order chi connectivity index (χ0) is 37.3. The first kappa shape index (κ1) is 44.9. The van der Waals surface area contributed by atoms with Gasteiger partial charge >= 0.3 is 18.3 Å². The second kappa shape index (κ2) is 20.4. The number of unbranched alkanes of at least 4 members (excludes halogenated alkanes) is 3. The van der Waals surface area contributed by atoms with Crippen molar-refractivity contribution in [3.8, 4) is 0 Å². The second-order valence-corrected chi connectivity index (χ2v) is 15.8. The molecule has 0 bridgehead atoms. The van der Waals surface area contributed by atoms with Crippen LogP contribution in [0.3, 0.4) is 0 Å². The maximum Gasteiger partial charge on any atom is 0.410 e. The van der Waals surface area contributed by atoms with Crippen LogP contribution in [-0.2, 0) is 24.3 Å². The van der Waals surface area contributed by atoms with Gasteiger partial charge < -0.3 is 34.0 Å². The maximum atomic E-state index is 13.0. The summed E-state index contributed by atoms with van der Waals surface area (Å²) in [6, 6.07) is 5.99. The SMILES string of the molecule is CCN(CCN(CCN(CCCCCCO)C(=O)OC(C)(C)C)C(=O)OC(C)(C)C)C(=O)OC(C)(C)C.Cc1ccc(S(=O)(=O)O)cc1. The largest absolute Gasteiger partial charge is 0.444 e. The molecular weight excluding hydrogens is 642 g/mol. The third-order valence-electron chi connectivity index (χ3n) is 6.27. The van der Waals surface area contributed by atoms with Crippen LogP contribution in [0.25, 0.3) is 0 Å². The Labute approximate surface area is 288 Å². The fourth-order valence-electron chi connectivity index (χ4n) is 3.91. The number of hydrogen-bond acceptors (Lipinski definition) is 9. The molecule has 278 valence electrons. The van der Waals surface area contributed by atoms with Crippen molar-refractivity contribution in [3.63, 3.8) is 0 Å². The Morgan fingerprint density at radius 1 is 0.625 bits per heavy atom. The van der Waals surface area contributed by atoms with Gasteiger partial charge in [0.25, 0.3) is 10.1 Å². The number of nitrogens with zero attached hydrogens (tertiary/aromatic N) is 3. The van der Waals surface area contributed by atoms with Gasteiger partial charge in [0.15, 0.2) is 0 Å². The van der Waals surface area contributed by atoms with Crippen LogP contribution in [0.1, 0.15) is 100 Å². The van der Waals surface area contributed by atoms with E-state index in [4.69, 9.17) is 23.9 Å². The summed E-state index contributed by atoms with van der Waals surface area (Å²) in [5, 5.41) is 9.00. The molecule has 1 rings (SSSR count). The van der Waals surface area contributed by atoms with Crippen LogP contribution in [-0.4, -0.2) is 114 Å². The lowest BCUT2D eigenvalue weighted by Crippen LogP contribution is -2.48. The average Bonchev–Trinajstić information content (AvgIpc) is 2.90. The molecule has 14 heteroatoms. The summed E-state index contributed by atoms with van der Waals surface area (Å²) >= 11 is 0.